The van der Waals surface area contributed by atoms with Gasteiger partial charge in [-0.1, -0.05) is 0 Å². The Morgan fingerprint density at radius 1 is 1.08 bits per heavy atom. The van der Waals surface area contributed by atoms with E-state index in [9.17, 15) is 9.59 Å². The molecule has 0 aliphatic carbocycles. The molecule has 6 heteroatoms. The number of nitrogens with zero attached hydrogens (tertiary/aromatic N) is 2. The second kappa shape index (κ2) is 9.03. The smallest absolute Gasteiger partial charge is 0.335 e. The van der Waals surface area contributed by atoms with Crippen molar-refractivity contribution in [3.63, 3.8) is 0 Å². The first kappa shape index (κ1) is 18.7. The number of carboxylic acids is 1. The molecule has 1 aromatic rings. The molecule has 2 aliphatic heterocycles. The lowest BCUT2D eigenvalue weighted by Gasteiger charge is -2.33. The lowest BCUT2D eigenvalue weighted by atomic mass is 9.96. The monoisotopic (exact) mass is 360 g/mol. The van der Waals surface area contributed by atoms with Crippen molar-refractivity contribution in [3.8, 4) is 5.75 Å². The number of likely N-dealkylation sites (tertiary alicyclic amines) is 2. The zero-order valence-corrected chi connectivity index (χ0v) is 15.2. The highest BCUT2D eigenvalue weighted by molar-refractivity contribution is 5.87. The average Bonchev–Trinajstić information content (AvgIpc) is 3.20. The summed E-state index contributed by atoms with van der Waals surface area (Å²) in [6.45, 7) is 5.30. The molecule has 2 saturated heterocycles. The summed E-state index contributed by atoms with van der Waals surface area (Å²) in [5.41, 5.74) is 0.263. The Labute approximate surface area is 154 Å². The Morgan fingerprint density at radius 3 is 2.50 bits per heavy atom. The van der Waals surface area contributed by atoms with E-state index in [-0.39, 0.29) is 11.5 Å². The molecule has 1 amide bonds. The molecular weight excluding hydrogens is 332 g/mol. The first-order valence-electron chi connectivity index (χ1n) is 9.61. The Bertz CT molecular complexity index is 611. The van der Waals surface area contributed by atoms with Gasteiger partial charge in [0.15, 0.2) is 0 Å². The summed E-state index contributed by atoms with van der Waals surface area (Å²) in [5.74, 6) is 0.267. The lowest BCUT2D eigenvalue weighted by molar-refractivity contribution is -0.136. The van der Waals surface area contributed by atoms with Crippen LogP contribution in [0, 0.1) is 5.92 Å². The van der Waals surface area contributed by atoms with Gasteiger partial charge in [-0.15, -0.1) is 0 Å². The van der Waals surface area contributed by atoms with Gasteiger partial charge in [-0.2, -0.15) is 0 Å². The molecule has 1 N–H and O–H groups in total. The fourth-order valence-corrected chi connectivity index (χ4v) is 3.83. The van der Waals surface area contributed by atoms with Gasteiger partial charge in [0.2, 0.25) is 5.91 Å². The number of rotatable bonds is 7. The predicted octanol–water partition coefficient (Wildman–Crippen LogP) is 2.49. The van der Waals surface area contributed by atoms with Crippen molar-refractivity contribution >= 4 is 11.9 Å². The number of carbonyl (C=O) groups excluding carboxylic acids is 1. The maximum absolute atomic E-state index is 12.6. The number of hydrogen-bond donors (Lipinski definition) is 1. The second-order valence-corrected chi connectivity index (χ2v) is 7.20. The number of carboxylic acid groups (broad SMARTS) is 1. The number of piperidine rings is 1. The third-order valence-corrected chi connectivity index (χ3v) is 5.26. The van der Waals surface area contributed by atoms with Gasteiger partial charge < -0.3 is 19.6 Å². The van der Waals surface area contributed by atoms with Gasteiger partial charge in [-0.3, -0.25) is 4.79 Å². The highest BCUT2D eigenvalue weighted by atomic mass is 16.5. The van der Waals surface area contributed by atoms with Crippen LogP contribution in [0.15, 0.2) is 24.3 Å². The molecule has 1 atom stereocenters. The maximum atomic E-state index is 12.6. The molecule has 0 radical (unpaired) electrons. The van der Waals surface area contributed by atoms with Gasteiger partial charge in [-0.05, 0) is 62.9 Å². The summed E-state index contributed by atoms with van der Waals surface area (Å²) in [6, 6.07) is 6.48. The van der Waals surface area contributed by atoms with E-state index in [1.165, 1.54) is 0 Å². The maximum Gasteiger partial charge on any atom is 0.335 e. The van der Waals surface area contributed by atoms with Crippen molar-refractivity contribution < 1.29 is 19.4 Å². The predicted molar refractivity (Wildman–Crippen MR) is 98.5 cm³/mol. The fraction of sp³-hybridized carbons (Fsp3) is 0.600. The van der Waals surface area contributed by atoms with E-state index < -0.39 is 5.97 Å². The van der Waals surface area contributed by atoms with E-state index in [2.05, 4.69) is 4.90 Å². The SMILES string of the molecule is O=C(O)c1ccc(OCCCN2CCC[C@@H](C(=O)N3CCCC3)C2)cc1. The van der Waals surface area contributed by atoms with Crippen molar-refractivity contribution in [3.05, 3.63) is 29.8 Å². The molecule has 142 valence electrons. The summed E-state index contributed by atoms with van der Waals surface area (Å²) < 4.78 is 5.69. The first-order valence-corrected chi connectivity index (χ1v) is 9.61. The Kier molecular flexibility index (Phi) is 6.50. The van der Waals surface area contributed by atoms with Crippen LogP contribution in [0.4, 0.5) is 0 Å². The standard InChI is InChI=1S/C20H28N2O4/c23-19(22-12-1-2-13-22)17-5-3-10-21(15-17)11-4-14-26-18-8-6-16(7-9-18)20(24)25/h6-9,17H,1-5,10-15H2,(H,24,25)/t17-/m1/s1. The normalized spacial score (nSPS) is 20.9. The van der Waals surface area contributed by atoms with Crippen LogP contribution in [0.1, 0.15) is 42.5 Å². The number of hydrogen-bond acceptors (Lipinski definition) is 4. The van der Waals surface area contributed by atoms with Gasteiger partial charge in [0, 0.05) is 26.2 Å². The molecule has 1 aromatic carbocycles. The number of carbonyl (C=O) groups is 2. The second-order valence-electron chi connectivity index (χ2n) is 7.20. The zero-order chi connectivity index (χ0) is 18.4. The molecule has 2 aliphatic rings. The Morgan fingerprint density at radius 2 is 1.81 bits per heavy atom. The van der Waals surface area contributed by atoms with E-state index >= 15 is 0 Å². The number of aromatic carboxylic acids is 1. The van der Waals surface area contributed by atoms with Gasteiger partial charge in [0.1, 0.15) is 5.75 Å². The Hall–Kier alpha value is -2.08. The lowest BCUT2D eigenvalue weighted by Crippen LogP contribution is -2.44. The van der Waals surface area contributed by atoms with Crippen molar-refractivity contribution in [1.29, 1.82) is 0 Å². The third-order valence-electron chi connectivity index (χ3n) is 5.26. The molecule has 2 heterocycles. The summed E-state index contributed by atoms with van der Waals surface area (Å²) in [5, 5.41) is 8.89. The van der Waals surface area contributed by atoms with Crippen molar-refractivity contribution in [2.24, 2.45) is 5.92 Å². The topological polar surface area (TPSA) is 70.1 Å². The summed E-state index contributed by atoms with van der Waals surface area (Å²) >= 11 is 0. The van der Waals surface area contributed by atoms with Crippen LogP contribution in [0.5, 0.6) is 5.75 Å². The Balaban J connectivity index is 1.37. The van der Waals surface area contributed by atoms with Gasteiger partial charge in [0.25, 0.3) is 0 Å². The summed E-state index contributed by atoms with van der Waals surface area (Å²) in [6.07, 6.45) is 5.28. The van der Waals surface area contributed by atoms with Crippen LogP contribution in [0.25, 0.3) is 0 Å². The van der Waals surface area contributed by atoms with Gasteiger partial charge in [0.05, 0.1) is 18.1 Å². The molecule has 0 aromatic heterocycles. The van der Waals surface area contributed by atoms with Crippen LogP contribution in [0.2, 0.25) is 0 Å². The third kappa shape index (κ3) is 4.97. The summed E-state index contributed by atoms with van der Waals surface area (Å²) in [4.78, 5) is 27.8. The largest absolute Gasteiger partial charge is 0.494 e. The minimum Gasteiger partial charge on any atom is -0.494 e. The average molecular weight is 360 g/mol. The number of benzene rings is 1. The summed E-state index contributed by atoms with van der Waals surface area (Å²) in [7, 11) is 0. The first-order chi connectivity index (χ1) is 12.6. The molecule has 2 fully saturated rings. The quantitative estimate of drug-likeness (QED) is 0.757. The van der Waals surface area contributed by atoms with Gasteiger partial charge >= 0.3 is 5.97 Å². The van der Waals surface area contributed by atoms with Crippen LogP contribution in [0.3, 0.4) is 0 Å². The van der Waals surface area contributed by atoms with Crippen LogP contribution >= 0.6 is 0 Å². The fourth-order valence-electron chi connectivity index (χ4n) is 3.83. The molecule has 0 bridgehead atoms. The molecule has 0 unspecified atom stereocenters. The van der Waals surface area contributed by atoms with Crippen molar-refractivity contribution in [2.45, 2.75) is 32.1 Å². The molecule has 3 rings (SSSR count). The van der Waals surface area contributed by atoms with Crippen LogP contribution in [-0.2, 0) is 4.79 Å². The van der Waals surface area contributed by atoms with E-state index in [1.807, 2.05) is 4.90 Å². The van der Waals surface area contributed by atoms with Crippen molar-refractivity contribution in [2.75, 3.05) is 39.3 Å². The number of amides is 1. The number of ether oxygens (including phenoxy) is 1. The highest BCUT2D eigenvalue weighted by Gasteiger charge is 2.30. The van der Waals surface area contributed by atoms with Crippen molar-refractivity contribution in [1.82, 2.24) is 9.80 Å². The zero-order valence-electron chi connectivity index (χ0n) is 15.2. The molecule has 26 heavy (non-hydrogen) atoms. The van der Waals surface area contributed by atoms with Crippen LogP contribution in [-0.4, -0.2) is 66.1 Å². The molecule has 6 nitrogen and oxygen atoms in total. The van der Waals surface area contributed by atoms with E-state index in [0.29, 0.717) is 18.3 Å². The van der Waals surface area contributed by atoms with Gasteiger partial charge in [-0.25, -0.2) is 4.79 Å². The molecule has 0 spiro atoms. The van der Waals surface area contributed by atoms with E-state index in [0.717, 1.165) is 64.8 Å². The van der Waals surface area contributed by atoms with Crippen LogP contribution < -0.4 is 4.74 Å². The minimum absolute atomic E-state index is 0.159. The minimum atomic E-state index is -0.931. The molecular formula is C20H28N2O4. The highest BCUT2D eigenvalue weighted by Crippen LogP contribution is 2.21. The molecule has 0 saturated carbocycles. The van der Waals surface area contributed by atoms with E-state index in [4.69, 9.17) is 9.84 Å². The van der Waals surface area contributed by atoms with E-state index in [1.54, 1.807) is 24.3 Å².